The molecule has 2 rings (SSSR count). The zero-order valence-corrected chi connectivity index (χ0v) is 7.50. The van der Waals surface area contributed by atoms with Gasteiger partial charge in [0.25, 0.3) is 0 Å². The fraction of sp³-hybridized carbons (Fsp3) is 0.182. The third kappa shape index (κ3) is 1.53. The first-order valence-corrected chi connectivity index (χ1v) is 4.40. The quantitative estimate of drug-likeness (QED) is 0.700. The first-order valence-electron chi connectivity index (χ1n) is 4.40. The van der Waals surface area contributed by atoms with E-state index in [1.807, 2.05) is 0 Å². The summed E-state index contributed by atoms with van der Waals surface area (Å²) in [5.74, 6) is -0.311. The van der Waals surface area contributed by atoms with Crippen molar-refractivity contribution in [1.82, 2.24) is 0 Å². The Labute approximate surface area is 80.3 Å². The number of aryl methyl sites for hydroxylation is 1. The molecule has 1 aromatic heterocycles. The van der Waals surface area contributed by atoms with Crippen LogP contribution in [0.2, 0.25) is 0 Å². The second-order valence-electron chi connectivity index (χ2n) is 3.11. The van der Waals surface area contributed by atoms with Gasteiger partial charge in [-0.1, -0.05) is 0 Å². The summed E-state index contributed by atoms with van der Waals surface area (Å²) in [6.07, 6.45) is 3.10. The lowest BCUT2D eigenvalue weighted by molar-refractivity contribution is -0.107. The highest BCUT2D eigenvalue weighted by Crippen LogP contribution is 2.20. The number of benzene rings is 1. The van der Waals surface area contributed by atoms with Crippen molar-refractivity contribution in [2.75, 3.05) is 0 Å². The normalized spacial score (nSPS) is 10.6. The number of carbonyl (C=O) groups excluding carboxylic acids is 1. The lowest BCUT2D eigenvalue weighted by Crippen LogP contribution is -1.90. The van der Waals surface area contributed by atoms with Crippen LogP contribution in [0, 0.1) is 5.82 Å². The Morgan fingerprint density at radius 1 is 1.43 bits per heavy atom. The number of hydrogen-bond donors (Lipinski definition) is 0. The van der Waals surface area contributed by atoms with E-state index in [1.165, 1.54) is 12.3 Å². The summed E-state index contributed by atoms with van der Waals surface area (Å²) < 4.78 is 18.4. The van der Waals surface area contributed by atoms with Gasteiger partial charge in [-0.05, 0) is 24.1 Å². The maximum atomic E-state index is 13.3. The number of fused-ring (bicyclic) bond motifs is 1. The Bertz CT molecular complexity index is 459. The first-order chi connectivity index (χ1) is 6.81. The van der Waals surface area contributed by atoms with Gasteiger partial charge in [-0.15, -0.1) is 0 Å². The maximum Gasteiger partial charge on any atom is 0.136 e. The van der Waals surface area contributed by atoms with Crippen molar-refractivity contribution in [2.24, 2.45) is 0 Å². The predicted octanol–water partition coefficient (Wildman–Crippen LogP) is 2.70. The summed E-state index contributed by atoms with van der Waals surface area (Å²) in [5.41, 5.74) is 1.10. The Hall–Kier alpha value is -1.64. The van der Waals surface area contributed by atoms with Gasteiger partial charge in [-0.3, -0.25) is 0 Å². The van der Waals surface area contributed by atoms with Crippen molar-refractivity contribution in [2.45, 2.75) is 12.8 Å². The minimum atomic E-state index is -0.311. The summed E-state index contributed by atoms with van der Waals surface area (Å²) in [6.45, 7) is 0. The first kappa shape index (κ1) is 8.94. The van der Waals surface area contributed by atoms with Crippen LogP contribution in [0.4, 0.5) is 4.39 Å². The molecule has 0 saturated carbocycles. The molecule has 2 nitrogen and oxygen atoms in total. The number of rotatable bonds is 3. The second-order valence-corrected chi connectivity index (χ2v) is 3.11. The summed E-state index contributed by atoms with van der Waals surface area (Å²) in [6, 6.07) is 4.85. The molecule has 1 aromatic carbocycles. The minimum absolute atomic E-state index is 0.311. The van der Waals surface area contributed by atoms with Crippen LogP contribution in [0.1, 0.15) is 12.0 Å². The van der Waals surface area contributed by atoms with Crippen LogP contribution in [0.15, 0.2) is 28.9 Å². The zero-order valence-electron chi connectivity index (χ0n) is 7.50. The molecule has 0 atom stereocenters. The van der Waals surface area contributed by atoms with Gasteiger partial charge < -0.3 is 9.21 Å². The van der Waals surface area contributed by atoms with Gasteiger partial charge in [0, 0.05) is 17.9 Å². The van der Waals surface area contributed by atoms with Crippen LogP contribution in [0.25, 0.3) is 11.0 Å². The fourth-order valence-electron chi connectivity index (χ4n) is 1.44. The van der Waals surface area contributed by atoms with Crippen LogP contribution >= 0.6 is 0 Å². The number of hydrogen-bond acceptors (Lipinski definition) is 2. The van der Waals surface area contributed by atoms with Gasteiger partial charge in [-0.25, -0.2) is 4.39 Å². The standard InChI is InChI=1S/C11H9FO2/c12-10-7-11-9(3-5-14-11)6-8(10)2-1-4-13/h3-7H,1-2H2. The minimum Gasteiger partial charge on any atom is -0.464 e. The SMILES string of the molecule is O=CCCc1cc2ccoc2cc1F. The molecule has 0 fully saturated rings. The molecular formula is C11H9FO2. The molecule has 0 bridgehead atoms. The molecule has 0 spiro atoms. The molecule has 3 heteroatoms. The van der Waals surface area contributed by atoms with Gasteiger partial charge in [0.05, 0.1) is 6.26 Å². The maximum absolute atomic E-state index is 13.3. The molecule has 0 N–H and O–H groups in total. The van der Waals surface area contributed by atoms with Crippen molar-refractivity contribution in [3.63, 3.8) is 0 Å². The van der Waals surface area contributed by atoms with E-state index in [4.69, 9.17) is 4.42 Å². The van der Waals surface area contributed by atoms with Gasteiger partial charge >= 0.3 is 0 Å². The van der Waals surface area contributed by atoms with E-state index in [1.54, 1.807) is 12.1 Å². The number of aldehydes is 1. The molecule has 0 aliphatic heterocycles. The highest BCUT2D eigenvalue weighted by atomic mass is 19.1. The van der Waals surface area contributed by atoms with Crippen LogP contribution < -0.4 is 0 Å². The predicted molar refractivity (Wildman–Crippen MR) is 50.6 cm³/mol. The van der Waals surface area contributed by atoms with Crippen molar-refractivity contribution >= 4 is 17.3 Å². The Kier molecular flexibility index (Phi) is 2.31. The topological polar surface area (TPSA) is 30.2 Å². The molecule has 2 aromatic rings. The summed E-state index contributed by atoms with van der Waals surface area (Å²) >= 11 is 0. The van der Waals surface area contributed by atoms with E-state index < -0.39 is 0 Å². The molecular weight excluding hydrogens is 183 g/mol. The van der Waals surface area contributed by atoms with Gasteiger partial charge in [0.1, 0.15) is 17.7 Å². The second kappa shape index (κ2) is 3.62. The Balaban J connectivity index is 2.42. The summed E-state index contributed by atoms with van der Waals surface area (Å²) in [5, 5.41) is 0.868. The van der Waals surface area contributed by atoms with Crippen molar-refractivity contribution in [3.05, 3.63) is 35.8 Å². The van der Waals surface area contributed by atoms with Gasteiger partial charge in [0.15, 0.2) is 0 Å². The smallest absolute Gasteiger partial charge is 0.136 e. The van der Waals surface area contributed by atoms with E-state index in [-0.39, 0.29) is 5.82 Å². The average molecular weight is 192 g/mol. The van der Waals surface area contributed by atoms with Crippen molar-refractivity contribution in [3.8, 4) is 0 Å². The van der Waals surface area contributed by atoms with Crippen LogP contribution in [0.5, 0.6) is 0 Å². The molecule has 14 heavy (non-hydrogen) atoms. The lowest BCUT2D eigenvalue weighted by atomic mass is 10.1. The summed E-state index contributed by atoms with van der Waals surface area (Å²) in [4.78, 5) is 10.2. The highest BCUT2D eigenvalue weighted by molar-refractivity contribution is 5.78. The zero-order chi connectivity index (χ0) is 9.97. The van der Waals surface area contributed by atoms with Gasteiger partial charge in [-0.2, -0.15) is 0 Å². The third-order valence-corrected chi connectivity index (χ3v) is 2.15. The average Bonchev–Trinajstić information content (AvgIpc) is 2.61. The van der Waals surface area contributed by atoms with Crippen LogP contribution in [0.3, 0.4) is 0 Å². The number of halogens is 1. The molecule has 0 radical (unpaired) electrons. The monoisotopic (exact) mass is 192 g/mol. The van der Waals surface area contributed by atoms with E-state index in [2.05, 4.69) is 0 Å². The number of carbonyl (C=O) groups is 1. The highest BCUT2D eigenvalue weighted by Gasteiger charge is 2.05. The number of furan rings is 1. The molecule has 0 amide bonds. The lowest BCUT2D eigenvalue weighted by Gasteiger charge is -1.99. The third-order valence-electron chi connectivity index (χ3n) is 2.15. The molecule has 0 unspecified atom stereocenters. The molecule has 72 valence electrons. The summed E-state index contributed by atoms with van der Waals surface area (Å²) in [7, 11) is 0. The molecule has 0 aliphatic carbocycles. The fourth-order valence-corrected chi connectivity index (χ4v) is 1.44. The van der Waals surface area contributed by atoms with Crippen molar-refractivity contribution in [1.29, 1.82) is 0 Å². The van der Waals surface area contributed by atoms with E-state index in [9.17, 15) is 9.18 Å². The Morgan fingerprint density at radius 2 is 2.29 bits per heavy atom. The van der Waals surface area contributed by atoms with Gasteiger partial charge in [0.2, 0.25) is 0 Å². The van der Waals surface area contributed by atoms with Crippen molar-refractivity contribution < 1.29 is 13.6 Å². The molecule has 1 heterocycles. The van der Waals surface area contributed by atoms with E-state index >= 15 is 0 Å². The molecule has 0 saturated heterocycles. The Morgan fingerprint density at radius 3 is 3.07 bits per heavy atom. The van der Waals surface area contributed by atoms with E-state index in [0.717, 1.165) is 11.7 Å². The van der Waals surface area contributed by atoms with Crippen LogP contribution in [-0.2, 0) is 11.2 Å². The van der Waals surface area contributed by atoms with Crippen LogP contribution in [-0.4, -0.2) is 6.29 Å². The van der Waals surface area contributed by atoms with E-state index in [0.29, 0.717) is 24.0 Å². The molecule has 0 aliphatic rings. The largest absolute Gasteiger partial charge is 0.464 e.